The maximum Gasteiger partial charge on any atom is 0.0620 e. The van der Waals surface area contributed by atoms with Crippen molar-refractivity contribution in [2.45, 2.75) is 44.4 Å². The zero-order valence-corrected chi connectivity index (χ0v) is 37.7. The maximum absolute atomic E-state index is 2.62. The van der Waals surface area contributed by atoms with Crippen LogP contribution >= 0.6 is 0 Å². The summed E-state index contributed by atoms with van der Waals surface area (Å²) in [5, 5.41) is 5.18. The number of benzene rings is 9. The fourth-order valence-electron chi connectivity index (χ4n) is 11.2. The van der Waals surface area contributed by atoms with Crippen molar-refractivity contribution < 1.29 is 0 Å². The molecule has 2 nitrogen and oxygen atoms in total. The number of anilines is 2. The molecule has 1 saturated carbocycles. The van der Waals surface area contributed by atoms with Gasteiger partial charge < -0.3 is 9.47 Å². The van der Waals surface area contributed by atoms with Gasteiger partial charge in [0, 0.05) is 50.8 Å². The molecule has 0 spiro atoms. The molecule has 1 fully saturated rings. The molecule has 0 N–H and O–H groups in total. The Kier molecular flexibility index (Phi) is 10.8. The van der Waals surface area contributed by atoms with E-state index in [-0.39, 0.29) is 0 Å². The van der Waals surface area contributed by atoms with Gasteiger partial charge >= 0.3 is 0 Å². The number of para-hydroxylation sites is 4. The highest BCUT2D eigenvalue weighted by Crippen LogP contribution is 2.49. The summed E-state index contributed by atoms with van der Waals surface area (Å²) in [7, 11) is 0. The minimum atomic E-state index is 0.556. The van der Waals surface area contributed by atoms with Crippen molar-refractivity contribution >= 4 is 49.5 Å². The lowest BCUT2D eigenvalue weighted by Gasteiger charge is -2.34. The van der Waals surface area contributed by atoms with Gasteiger partial charge in [0.2, 0.25) is 0 Å². The second kappa shape index (κ2) is 17.8. The van der Waals surface area contributed by atoms with Crippen LogP contribution in [0.25, 0.3) is 77.2 Å². The number of hydrogen-bond acceptors (Lipinski definition) is 1. The van der Waals surface area contributed by atoms with Crippen molar-refractivity contribution in [1.29, 1.82) is 0 Å². The zero-order valence-electron chi connectivity index (χ0n) is 37.7. The van der Waals surface area contributed by atoms with Crippen molar-refractivity contribution in [3.05, 3.63) is 253 Å². The van der Waals surface area contributed by atoms with Crippen molar-refractivity contribution in [3.63, 3.8) is 0 Å². The Hall–Kier alpha value is -7.94. The molecule has 2 aliphatic rings. The van der Waals surface area contributed by atoms with E-state index in [0.29, 0.717) is 5.92 Å². The molecule has 67 heavy (non-hydrogen) atoms. The Morgan fingerprint density at radius 1 is 0.448 bits per heavy atom. The summed E-state index contributed by atoms with van der Waals surface area (Å²) in [6.07, 6.45) is 16.3. The monoisotopic (exact) mass is 860 g/mol. The largest absolute Gasteiger partial charge is 0.312 e. The normalized spacial score (nSPS) is 14.3. The average molecular weight is 861 g/mol. The molecule has 322 valence electrons. The molecule has 2 heteroatoms. The molecule has 9 aromatic carbocycles. The third-order valence-electron chi connectivity index (χ3n) is 14.2. The summed E-state index contributed by atoms with van der Waals surface area (Å²) in [5.74, 6) is 0.556. The molecule has 1 heterocycles. The lowest BCUT2D eigenvalue weighted by molar-refractivity contribution is 0.445. The molecule has 2 aliphatic carbocycles. The average Bonchev–Trinajstić information content (AvgIpc) is 3.56. The first-order chi connectivity index (χ1) is 33.3. The first-order valence-corrected chi connectivity index (χ1v) is 24.1. The number of rotatable bonds is 9. The van der Waals surface area contributed by atoms with E-state index in [9.17, 15) is 0 Å². The lowest BCUT2D eigenvalue weighted by atomic mass is 9.80. The predicted molar refractivity (Wildman–Crippen MR) is 285 cm³/mol. The fourth-order valence-corrected chi connectivity index (χ4v) is 11.2. The summed E-state index contributed by atoms with van der Waals surface area (Å²) in [4.78, 5) is 2.62. The van der Waals surface area contributed by atoms with Crippen LogP contribution in [0.1, 0.15) is 55.6 Å². The molecule has 0 aliphatic heterocycles. The molecule has 0 radical (unpaired) electrons. The van der Waals surface area contributed by atoms with Gasteiger partial charge in [-0.3, -0.25) is 0 Å². The van der Waals surface area contributed by atoms with Crippen molar-refractivity contribution in [2.24, 2.45) is 0 Å². The highest BCUT2D eigenvalue weighted by Gasteiger charge is 2.28. The summed E-state index contributed by atoms with van der Waals surface area (Å²) >= 11 is 0. The molecule has 0 bridgehead atoms. The smallest absolute Gasteiger partial charge is 0.0620 e. The summed E-state index contributed by atoms with van der Waals surface area (Å²) in [6.45, 7) is 0. The van der Waals surface area contributed by atoms with Gasteiger partial charge in [0.05, 0.1) is 22.4 Å². The highest BCUT2D eigenvalue weighted by molar-refractivity contribution is 6.13. The lowest BCUT2D eigenvalue weighted by Crippen LogP contribution is -2.20. The molecular weight excluding hydrogens is 809 g/mol. The van der Waals surface area contributed by atoms with Gasteiger partial charge in [0.1, 0.15) is 0 Å². The summed E-state index contributed by atoms with van der Waals surface area (Å²) in [5.41, 5.74) is 18.2. The van der Waals surface area contributed by atoms with Crippen molar-refractivity contribution in [2.75, 3.05) is 4.90 Å². The van der Waals surface area contributed by atoms with E-state index < -0.39 is 0 Å². The van der Waals surface area contributed by atoms with Gasteiger partial charge in [-0.15, -0.1) is 0 Å². The van der Waals surface area contributed by atoms with E-state index in [0.717, 1.165) is 23.5 Å². The molecule has 0 amide bonds. The molecule has 10 aromatic rings. The first-order valence-electron chi connectivity index (χ1n) is 24.1. The third kappa shape index (κ3) is 7.40. The molecule has 0 unspecified atom stereocenters. The number of hydrogen-bond donors (Lipinski definition) is 0. The Morgan fingerprint density at radius 3 is 1.91 bits per heavy atom. The zero-order chi connectivity index (χ0) is 44.5. The molecule has 0 saturated heterocycles. The quantitative estimate of drug-likeness (QED) is 0.140. The van der Waals surface area contributed by atoms with E-state index >= 15 is 0 Å². The van der Waals surface area contributed by atoms with Gasteiger partial charge in [-0.1, -0.05) is 219 Å². The van der Waals surface area contributed by atoms with Crippen LogP contribution in [0.2, 0.25) is 0 Å². The Bertz CT molecular complexity index is 3510. The molecule has 0 atom stereocenters. The van der Waals surface area contributed by atoms with E-state index in [1.54, 1.807) is 0 Å². The van der Waals surface area contributed by atoms with Crippen LogP contribution < -0.4 is 4.90 Å². The molecule has 12 rings (SSSR count). The number of allylic oxidation sites excluding steroid dienone is 5. The Morgan fingerprint density at radius 2 is 1.09 bits per heavy atom. The standard InChI is InChI=1S/C65H52N2/c1-6-23-46(24-7-1)50-43-44-63(59(45-50)48-27-10-3-11-28-48)67(61-42-19-16-34-53(61)56-37-21-30-49-29-20-36-52(64(49)56)47-25-8-2-9-26-47)62-40-15-5-14-33-55(62)58-39-22-38-57-54-35-17-18-41-60(54)66(65(57)58)51-31-12-4-13-32-51/h1,3-7,10-24,27-39,41-45,47H,2,8-9,25-26,40H2. The topological polar surface area (TPSA) is 8.17 Å². The summed E-state index contributed by atoms with van der Waals surface area (Å²) in [6, 6.07) is 78.7. The van der Waals surface area contributed by atoms with E-state index in [2.05, 4.69) is 246 Å². The Labute approximate surface area is 394 Å². The second-order valence-electron chi connectivity index (χ2n) is 18.1. The van der Waals surface area contributed by atoms with Gasteiger partial charge in [-0.2, -0.15) is 0 Å². The van der Waals surface area contributed by atoms with E-state index in [4.69, 9.17) is 0 Å². The van der Waals surface area contributed by atoms with Gasteiger partial charge in [0.15, 0.2) is 0 Å². The van der Waals surface area contributed by atoms with Crippen LogP contribution in [0.4, 0.5) is 11.4 Å². The summed E-state index contributed by atoms with van der Waals surface area (Å²) < 4.78 is 2.47. The predicted octanol–water partition coefficient (Wildman–Crippen LogP) is 18.1. The van der Waals surface area contributed by atoms with E-state index in [1.807, 2.05) is 0 Å². The highest BCUT2D eigenvalue weighted by atomic mass is 15.2. The van der Waals surface area contributed by atoms with Crippen LogP contribution in [-0.2, 0) is 0 Å². The van der Waals surface area contributed by atoms with Gasteiger partial charge in [-0.05, 0) is 93.7 Å². The molecule has 1 aromatic heterocycles. The number of fused-ring (bicyclic) bond motifs is 4. The minimum Gasteiger partial charge on any atom is -0.312 e. The van der Waals surface area contributed by atoms with Crippen LogP contribution in [0.3, 0.4) is 0 Å². The maximum atomic E-state index is 2.62. The van der Waals surface area contributed by atoms with Crippen LogP contribution in [0.5, 0.6) is 0 Å². The number of nitrogens with zero attached hydrogens (tertiary/aromatic N) is 2. The fraction of sp³-hybridized carbons (Fsp3) is 0.108. The SMILES string of the molecule is C1=CCC(N(c2ccc(-c3ccccc3)cc2-c2ccccc2)c2ccccc2-c2cccc3cccc(C4CCCCC4)c23)=C(c2cccc3c4ccccc4n(-c4ccccc4)c23)C=C1. The minimum absolute atomic E-state index is 0.556. The van der Waals surface area contributed by atoms with Crippen molar-refractivity contribution in [3.8, 4) is 39.1 Å². The Balaban J connectivity index is 1.19. The molecular formula is C65H52N2. The van der Waals surface area contributed by atoms with Crippen LogP contribution in [0, 0.1) is 0 Å². The van der Waals surface area contributed by atoms with Crippen LogP contribution in [-0.4, -0.2) is 4.57 Å². The van der Waals surface area contributed by atoms with Gasteiger partial charge in [0.25, 0.3) is 0 Å². The van der Waals surface area contributed by atoms with E-state index in [1.165, 1.54) is 120 Å². The van der Waals surface area contributed by atoms with Crippen LogP contribution in [0.15, 0.2) is 242 Å². The first kappa shape index (κ1) is 40.6. The second-order valence-corrected chi connectivity index (χ2v) is 18.1. The number of aromatic nitrogens is 1. The third-order valence-corrected chi connectivity index (χ3v) is 14.2. The van der Waals surface area contributed by atoms with Crippen molar-refractivity contribution in [1.82, 2.24) is 4.57 Å². The van der Waals surface area contributed by atoms with Gasteiger partial charge in [-0.25, -0.2) is 0 Å².